The van der Waals surface area contributed by atoms with Crippen molar-refractivity contribution in [1.82, 2.24) is 15.1 Å². The van der Waals surface area contributed by atoms with Crippen LogP contribution in [-0.4, -0.2) is 84.7 Å². The lowest BCUT2D eigenvalue weighted by atomic mass is 9.81. The Hall–Kier alpha value is -2.54. The Morgan fingerprint density at radius 1 is 1.20 bits per heavy atom. The number of rotatable bonds is 8. The Kier molecular flexibility index (Phi) is 9.40. The third-order valence-electron chi connectivity index (χ3n) is 8.12. The summed E-state index contributed by atoms with van der Waals surface area (Å²) in [6.45, 7) is 9.52. The van der Waals surface area contributed by atoms with Gasteiger partial charge in [0.2, 0.25) is 5.91 Å². The summed E-state index contributed by atoms with van der Waals surface area (Å²) in [6, 6.07) is 2.26. The lowest BCUT2D eigenvalue weighted by Crippen LogP contribution is -2.53. The summed E-state index contributed by atoms with van der Waals surface area (Å²) in [7, 11) is -1.44. The molecule has 4 atom stereocenters. The van der Waals surface area contributed by atoms with Gasteiger partial charge in [-0.05, 0) is 91.5 Å². The molecule has 2 aliphatic rings. The zero-order valence-electron chi connectivity index (χ0n) is 23.9. The highest BCUT2D eigenvalue weighted by Crippen LogP contribution is 2.36. The number of carbonyl (C=O) groups excluding carboxylic acids is 2. The van der Waals surface area contributed by atoms with Gasteiger partial charge in [0.15, 0.2) is 9.84 Å². The van der Waals surface area contributed by atoms with Crippen molar-refractivity contribution in [3.05, 3.63) is 23.8 Å². The highest BCUT2D eigenvalue weighted by Gasteiger charge is 2.45. The topological polar surface area (TPSA) is 122 Å². The maximum atomic E-state index is 13.5. The molecule has 40 heavy (non-hydrogen) atoms. The van der Waals surface area contributed by atoms with Gasteiger partial charge in [-0.1, -0.05) is 0 Å². The number of nitrogen functional groups attached to an aromatic ring is 1. The van der Waals surface area contributed by atoms with Gasteiger partial charge in [-0.15, -0.1) is 13.2 Å². The molecular weight excluding hydrogens is 549 g/mol. The van der Waals surface area contributed by atoms with E-state index < -0.39 is 38.6 Å². The first-order valence-electron chi connectivity index (χ1n) is 13.5. The lowest BCUT2D eigenvalue weighted by Gasteiger charge is -2.45. The van der Waals surface area contributed by atoms with Crippen LogP contribution < -0.4 is 15.8 Å². The Labute approximate surface area is 234 Å². The summed E-state index contributed by atoms with van der Waals surface area (Å²) in [4.78, 5) is 30.3. The number of benzene rings is 1. The predicted octanol–water partition coefficient (Wildman–Crippen LogP) is 3.59. The number of anilines is 1. The average molecular weight is 591 g/mol. The van der Waals surface area contributed by atoms with Crippen LogP contribution in [0.25, 0.3) is 0 Å². The number of sulfone groups is 1. The summed E-state index contributed by atoms with van der Waals surface area (Å²) >= 11 is 0. The predicted molar refractivity (Wildman–Crippen MR) is 146 cm³/mol. The van der Waals surface area contributed by atoms with Gasteiger partial charge >= 0.3 is 6.36 Å². The van der Waals surface area contributed by atoms with Crippen LogP contribution in [0.2, 0.25) is 0 Å². The van der Waals surface area contributed by atoms with E-state index in [1.807, 2.05) is 7.05 Å². The molecule has 0 spiro atoms. The molecule has 0 aromatic heterocycles. The molecule has 13 heteroatoms. The SMILES string of the molecule is CC(C)N(C)[C@@H]1CC[C@H](N2CC[C@H](NC(=O)c3cc(OC(F)(F)F)ccc3N)C2=O)[C@H](CS(=O)(=O)C(C)(C)C)C1. The van der Waals surface area contributed by atoms with Crippen molar-refractivity contribution in [2.75, 3.05) is 25.1 Å². The smallest absolute Gasteiger partial charge is 0.406 e. The highest BCUT2D eigenvalue weighted by molar-refractivity contribution is 7.92. The number of hydrogen-bond acceptors (Lipinski definition) is 7. The van der Waals surface area contributed by atoms with E-state index in [-0.39, 0.29) is 53.4 Å². The van der Waals surface area contributed by atoms with Gasteiger partial charge in [0.1, 0.15) is 11.8 Å². The highest BCUT2D eigenvalue weighted by atomic mass is 32.2. The molecule has 9 nitrogen and oxygen atoms in total. The molecule has 1 aromatic carbocycles. The zero-order chi connectivity index (χ0) is 30.2. The molecule has 2 amide bonds. The molecule has 0 radical (unpaired) electrons. The lowest BCUT2D eigenvalue weighted by molar-refractivity contribution is -0.274. The van der Waals surface area contributed by atoms with E-state index in [0.29, 0.717) is 19.4 Å². The standard InChI is InChI=1S/C27H41F3N4O5S/c1-16(2)33(6)18-7-10-23(17(13-18)15-40(37,38)26(3,4)5)34-12-11-22(25(34)36)32-24(35)20-14-19(8-9-21(20)31)39-27(28,29)30/h8-9,14,16-18,22-23H,7,10-13,15,31H2,1-6H3,(H,32,35)/t17-,18+,22-,23-/m0/s1. The van der Waals surface area contributed by atoms with Crippen molar-refractivity contribution in [2.45, 2.75) is 95.6 Å². The summed E-state index contributed by atoms with van der Waals surface area (Å²) in [5.74, 6) is -2.06. The van der Waals surface area contributed by atoms with Crippen molar-refractivity contribution >= 4 is 27.3 Å². The normalized spacial score (nSPS) is 24.6. The zero-order valence-corrected chi connectivity index (χ0v) is 24.7. The molecule has 226 valence electrons. The van der Waals surface area contributed by atoms with E-state index in [0.717, 1.165) is 24.6 Å². The second-order valence-corrected chi connectivity index (χ2v) is 14.9. The minimum Gasteiger partial charge on any atom is -0.406 e. The number of likely N-dealkylation sites (tertiary alicyclic amines) is 1. The van der Waals surface area contributed by atoms with Crippen LogP contribution in [0.1, 0.15) is 70.7 Å². The number of alkyl halides is 3. The molecule has 3 N–H and O–H groups in total. The van der Waals surface area contributed by atoms with Gasteiger partial charge in [-0.2, -0.15) is 0 Å². The van der Waals surface area contributed by atoms with Crippen LogP contribution in [0.4, 0.5) is 18.9 Å². The molecule has 1 aliphatic carbocycles. The fourth-order valence-corrected chi connectivity index (χ4v) is 6.89. The van der Waals surface area contributed by atoms with Crippen LogP contribution in [0, 0.1) is 5.92 Å². The molecule has 1 saturated carbocycles. The number of nitrogens with zero attached hydrogens (tertiary/aromatic N) is 2. The fraction of sp³-hybridized carbons (Fsp3) is 0.704. The van der Waals surface area contributed by atoms with E-state index in [1.54, 1.807) is 25.7 Å². The Balaban J connectivity index is 1.78. The fourth-order valence-electron chi connectivity index (χ4n) is 5.47. The van der Waals surface area contributed by atoms with Gasteiger partial charge in [-0.25, -0.2) is 8.42 Å². The first-order valence-corrected chi connectivity index (χ1v) is 15.2. The Morgan fingerprint density at radius 2 is 1.85 bits per heavy atom. The monoisotopic (exact) mass is 590 g/mol. The number of amides is 2. The average Bonchev–Trinajstić information content (AvgIpc) is 3.17. The molecule has 3 rings (SSSR count). The Morgan fingerprint density at radius 3 is 2.42 bits per heavy atom. The molecule has 0 unspecified atom stereocenters. The second-order valence-electron chi connectivity index (χ2n) is 12.1. The third kappa shape index (κ3) is 7.39. The summed E-state index contributed by atoms with van der Waals surface area (Å²) in [6.07, 6.45) is -2.60. The quantitative estimate of drug-likeness (QED) is 0.444. The number of nitrogens with one attached hydrogen (secondary N) is 1. The molecule has 1 aliphatic heterocycles. The van der Waals surface area contributed by atoms with Crippen molar-refractivity contribution < 1.29 is 35.9 Å². The third-order valence-corrected chi connectivity index (χ3v) is 10.9. The van der Waals surface area contributed by atoms with E-state index in [9.17, 15) is 31.2 Å². The molecular formula is C27H41F3N4O5S. The number of halogens is 3. The van der Waals surface area contributed by atoms with Gasteiger partial charge in [-0.3, -0.25) is 9.59 Å². The number of ether oxygens (including phenoxy) is 1. The van der Waals surface area contributed by atoms with Crippen LogP contribution in [0.3, 0.4) is 0 Å². The van der Waals surface area contributed by atoms with Crippen molar-refractivity contribution in [3.63, 3.8) is 0 Å². The minimum absolute atomic E-state index is 0.0487. The molecule has 1 aromatic rings. The first kappa shape index (κ1) is 32.0. The van der Waals surface area contributed by atoms with Gasteiger partial charge in [0.05, 0.1) is 16.1 Å². The summed E-state index contributed by atoms with van der Waals surface area (Å²) < 4.78 is 67.3. The molecule has 1 heterocycles. The summed E-state index contributed by atoms with van der Waals surface area (Å²) in [5.41, 5.74) is 5.53. The van der Waals surface area contributed by atoms with Crippen molar-refractivity contribution in [1.29, 1.82) is 0 Å². The van der Waals surface area contributed by atoms with Gasteiger partial charge in [0, 0.05) is 30.4 Å². The van der Waals surface area contributed by atoms with Crippen molar-refractivity contribution in [2.24, 2.45) is 5.92 Å². The first-order chi connectivity index (χ1) is 18.3. The van der Waals surface area contributed by atoms with Crippen LogP contribution in [-0.2, 0) is 14.6 Å². The van der Waals surface area contributed by atoms with Crippen LogP contribution >= 0.6 is 0 Å². The van der Waals surface area contributed by atoms with E-state index in [4.69, 9.17) is 5.73 Å². The molecule has 2 fully saturated rings. The van der Waals surface area contributed by atoms with E-state index >= 15 is 0 Å². The second kappa shape index (κ2) is 11.8. The van der Waals surface area contributed by atoms with E-state index in [2.05, 4.69) is 28.8 Å². The van der Waals surface area contributed by atoms with Crippen LogP contribution in [0.5, 0.6) is 5.75 Å². The maximum Gasteiger partial charge on any atom is 0.573 e. The summed E-state index contributed by atoms with van der Waals surface area (Å²) in [5, 5.41) is 2.60. The number of nitrogens with two attached hydrogens (primary N) is 1. The van der Waals surface area contributed by atoms with Crippen molar-refractivity contribution in [3.8, 4) is 5.75 Å². The van der Waals surface area contributed by atoms with Gasteiger partial charge in [0.25, 0.3) is 5.91 Å². The van der Waals surface area contributed by atoms with E-state index in [1.165, 1.54) is 0 Å². The minimum atomic E-state index is -4.94. The largest absolute Gasteiger partial charge is 0.573 e. The molecule has 1 saturated heterocycles. The Bertz CT molecular complexity index is 1200. The number of carbonyl (C=O) groups is 2. The number of hydrogen-bond donors (Lipinski definition) is 2. The van der Waals surface area contributed by atoms with Gasteiger partial charge < -0.3 is 25.6 Å². The van der Waals surface area contributed by atoms with Crippen LogP contribution in [0.15, 0.2) is 18.2 Å². The maximum absolute atomic E-state index is 13.5. The molecule has 0 bridgehead atoms.